The second kappa shape index (κ2) is 21.8. The van der Waals surface area contributed by atoms with Crippen molar-refractivity contribution in [1.82, 2.24) is 0 Å². The van der Waals surface area contributed by atoms with Crippen molar-refractivity contribution in [2.24, 2.45) is 5.41 Å². The molecule has 1 aromatic carbocycles. The smallest absolute Gasteiger partial charge is 0.168 e. The van der Waals surface area contributed by atoms with Gasteiger partial charge in [-0.3, -0.25) is 4.79 Å². The number of benzene rings is 1. The van der Waals surface area contributed by atoms with E-state index < -0.39 is 0 Å². The van der Waals surface area contributed by atoms with Crippen LogP contribution in [0, 0.1) is 5.41 Å². The summed E-state index contributed by atoms with van der Waals surface area (Å²) < 4.78 is 15.0. The normalized spacial score (nSPS) is 9.21. The van der Waals surface area contributed by atoms with Crippen molar-refractivity contribution < 1.29 is 29.2 Å². The SMILES string of the molecule is C.C.C.C.CC(C)(C)C(=O)c1ccc(OCCOCCO)cc1.COCCO. The Kier molecular flexibility index (Phi) is 29.1. The molecule has 1 aromatic rings. The molecule has 0 saturated heterocycles. The summed E-state index contributed by atoms with van der Waals surface area (Å²) in [6.07, 6.45) is 0. The summed E-state index contributed by atoms with van der Waals surface area (Å²) in [5.41, 5.74) is 0.317. The molecule has 0 unspecified atom stereocenters. The highest BCUT2D eigenvalue weighted by atomic mass is 16.5. The van der Waals surface area contributed by atoms with Crippen LogP contribution in [0.3, 0.4) is 0 Å². The summed E-state index contributed by atoms with van der Waals surface area (Å²) in [6, 6.07) is 7.12. The fourth-order valence-corrected chi connectivity index (χ4v) is 1.61. The standard InChI is InChI=1S/C15H22O4.C3H8O2.4CH4/c1-15(2,3)14(17)12-4-6-13(7-5-12)19-11-10-18-9-8-16;1-5-3-2-4;;;;/h4-7,16H,8-11H2,1-3H3;4H,2-3H2,1H3;4*1H4. The van der Waals surface area contributed by atoms with Crippen LogP contribution in [-0.2, 0) is 9.47 Å². The Balaban J connectivity index is -0.000000175. The summed E-state index contributed by atoms with van der Waals surface area (Å²) >= 11 is 0. The van der Waals surface area contributed by atoms with Gasteiger partial charge in [0.2, 0.25) is 0 Å². The van der Waals surface area contributed by atoms with Crippen molar-refractivity contribution in [2.45, 2.75) is 50.5 Å². The minimum absolute atomic E-state index is 0. The molecule has 0 saturated carbocycles. The first-order valence-corrected chi connectivity index (χ1v) is 7.93. The van der Waals surface area contributed by atoms with Gasteiger partial charge in [-0.2, -0.15) is 0 Å². The van der Waals surface area contributed by atoms with Crippen molar-refractivity contribution in [3.63, 3.8) is 0 Å². The average molecular weight is 407 g/mol. The molecule has 0 fully saturated rings. The first-order chi connectivity index (χ1) is 11.4. The summed E-state index contributed by atoms with van der Waals surface area (Å²) in [4.78, 5) is 12.0. The Bertz CT molecular complexity index is 435. The predicted molar refractivity (Wildman–Crippen MR) is 120 cm³/mol. The van der Waals surface area contributed by atoms with E-state index in [1.807, 2.05) is 20.8 Å². The van der Waals surface area contributed by atoms with E-state index in [-0.39, 0.29) is 54.1 Å². The summed E-state index contributed by atoms with van der Waals surface area (Å²) in [6.45, 7) is 7.47. The molecule has 1 rings (SSSR count). The molecule has 0 aliphatic carbocycles. The Morgan fingerprint density at radius 2 is 1.36 bits per heavy atom. The number of hydrogen-bond donors (Lipinski definition) is 2. The van der Waals surface area contributed by atoms with Crippen LogP contribution in [0.15, 0.2) is 24.3 Å². The second-order valence-electron chi connectivity index (χ2n) is 6.00. The van der Waals surface area contributed by atoms with Crippen molar-refractivity contribution in [2.75, 3.05) is 46.8 Å². The molecule has 6 heteroatoms. The van der Waals surface area contributed by atoms with Crippen LogP contribution in [0.2, 0.25) is 0 Å². The summed E-state index contributed by atoms with van der Waals surface area (Å²) in [5, 5.41) is 16.5. The molecule has 0 amide bonds. The third kappa shape index (κ3) is 17.9. The van der Waals surface area contributed by atoms with Crippen LogP contribution >= 0.6 is 0 Å². The van der Waals surface area contributed by atoms with E-state index in [0.29, 0.717) is 37.7 Å². The van der Waals surface area contributed by atoms with Gasteiger partial charge in [-0.25, -0.2) is 0 Å². The van der Waals surface area contributed by atoms with Gasteiger partial charge in [0, 0.05) is 18.1 Å². The minimum Gasteiger partial charge on any atom is -0.491 e. The maximum Gasteiger partial charge on any atom is 0.168 e. The van der Waals surface area contributed by atoms with Crippen LogP contribution in [0.1, 0.15) is 60.8 Å². The molecule has 0 aliphatic rings. The lowest BCUT2D eigenvalue weighted by Crippen LogP contribution is -2.20. The molecule has 170 valence electrons. The van der Waals surface area contributed by atoms with Crippen LogP contribution in [0.5, 0.6) is 5.75 Å². The molecule has 6 nitrogen and oxygen atoms in total. The first-order valence-electron chi connectivity index (χ1n) is 7.93. The molecule has 28 heavy (non-hydrogen) atoms. The monoisotopic (exact) mass is 406 g/mol. The van der Waals surface area contributed by atoms with E-state index in [0.717, 1.165) is 0 Å². The van der Waals surface area contributed by atoms with Crippen LogP contribution in [0.4, 0.5) is 0 Å². The Morgan fingerprint density at radius 3 is 1.71 bits per heavy atom. The van der Waals surface area contributed by atoms with Crippen molar-refractivity contribution >= 4 is 5.78 Å². The van der Waals surface area contributed by atoms with Gasteiger partial charge >= 0.3 is 0 Å². The minimum atomic E-state index is -0.374. The lowest BCUT2D eigenvalue weighted by atomic mass is 9.86. The topological polar surface area (TPSA) is 85.2 Å². The van der Waals surface area contributed by atoms with E-state index in [2.05, 4.69) is 4.74 Å². The quantitative estimate of drug-likeness (QED) is 0.465. The zero-order valence-corrected chi connectivity index (χ0v) is 15.1. The van der Waals surface area contributed by atoms with E-state index >= 15 is 0 Å². The van der Waals surface area contributed by atoms with E-state index in [1.54, 1.807) is 31.4 Å². The number of aliphatic hydroxyl groups is 2. The van der Waals surface area contributed by atoms with E-state index in [4.69, 9.17) is 19.7 Å². The van der Waals surface area contributed by atoms with E-state index in [1.165, 1.54) is 0 Å². The number of aliphatic hydroxyl groups excluding tert-OH is 2. The Hall–Kier alpha value is -1.47. The van der Waals surface area contributed by atoms with Gasteiger partial charge < -0.3 is 24.4 Å². The van der Waals surface area contributed by atoms with Gasteiger partial charge in [0.05, 0.1) is 33.0 Å². The molecule has 0 spiro atoms. The van der Waals surface area contributed by atoms with Gasteiger partial charge in [-0.05, 0) is 24.3 Å². The van der Waals surface area contributed by atoms with Crippen molar-refractivity contribution in [1.29, 1.82) is 0 Å². The third-order valence-corrected chi connectivity index (χ3v) is 2.83. The average Bonchev–Trinajstić information content (AvgIpc) is 2.55. The number of methoxy groups -OCH3 is 1. The molecule has 0 heterocycles. The summed E-state index contributed by atoms with van der Waals surface area (Å²) in [5.74, 6) is 0.823. The Labute approximate surface area is 173 Å². The lowest BCUT2D eigenvalue weighted by molar-refractivity contribution is 0.0705. The van der Waals surface area contributed by atoms with Gasteiger partial charge in [0.25, 0.3) is 0 Å². The number of Topliss-reactive ketones (excluding diaryl/α,β-unsaturated/α-hetero) is 1. The van der Waals surface area contributed by atoms with Crippen LogP contribution in [0.25, 0.3) is 0 Å². The number of rotatable bonds is 9. The third-order valence-electron chi connectivity index (χ3n) is 2.83. The first kappa shape index (κ1) is 37.3. The summed E-state index contributed by atoms with van der Waals surface area (Å²) in [7, 11) is 1.55. The maximum absolute atomic E-state index is 12.0. The van der Waals surface area contributed by atoms with Crippen molar-refractivity contribution in [3.8, 4) is 5.75 Å². The number of carbonyl (C=O) groups excluding carboxylic acids is 1. The Morgan fingerprint density at radius 1 is 0.857 bits per heavy atom. The van der Waals surface area contributed by atoms with E-state index in [9.17, 15) is 4.79 Å². The fraction of sp³-hybridized carbons (Fsp3) is 0.682. The zero-order chi connectivity index (χ0) is 18.4. The van der Waals surface area contributed by atoms with Gasteiger partial charge in [-0.15, -0.1) is 0 Å². The highest BCUT2D eigenvalue weighted by Crippen LogP contribution is 2.22. The molecular weight excluding hydrogens is 360 g/mol. The van der Waals surface area contributed by atoms with Gasteiger partial charge in [0.1, 0.15) is 12.4 Å². The molecule has 0 bridgehead atoms. The van der Waals surface area contributed by atoms with Gasteiger partial charge in [-0.1, -0.05) is 50.5 Å². The largest absolute Gasteiger partial charge is 0.491 e. The molecule has 0 atom stereocenters. The van der Waals surface area contributed by atoms with Crippen LogP contribution < -0.4 is 4.74 Å². The number of hydrogen-bond acceptors (Lipinski definition) is 6. The molecular formula is C22H46O6. The number of ether oxygens (including phenoxy) is 3. The second-order valence-corrected chi connectivity index (χ2v) is 6.00. The fourth-order valence-electron chi connectivity index (χ4n) is 1.61. The highest BCUT2D eigenvalue weighted by Gasteiger charge is 2.22. The number of ketones is 1. The lowest BCUT2D eigenvalue weighted by Gasteiger charge is -2.16. The highest BCUT2D eigenvalue weighted by molar-refractivity contribution is 5.99. The maximum atomic E-state index is 12.0. The predicted octanol–water partition coefficient (Wildman–Crippen LogP) is 4.47. The molecule has 2 N–H and O–H groups in total. The number of carbonyl (C=O) groups is 1. The van der Waals surface area contributed by atoms with Gasteiger partial charge in [0.15, 0.2) is 5.78 Å². The molecule has 0 aromatic heterocycles. The molecule has 0 aliphatic heterocycles. The zero-order valence-electron chi connectivity index (χ0n) is 15.1. The van der Waals surface area contributed by atoms with Crippen LogP contribution in [-0.4, -0.2) is 62.7 Å². The van der Waals surface area contributed by atoms with Crippen molar-refractivity contribution in [3.05, 3.63) is 29.8 Å². The molecule has 0 radical (unpaired) electrons.